The summed E-state index contributed by atoms with van der Waals surface area (Å²) in [4.78, 5) is 8.28. The van der Waals surface area contributed by atoms with Gasteiger partial charge in [0.05, 0.1) is 36.3 Å². The molecule has 5 rings (SSSR count). The molecule has 2 fully saturated rings. The quantitative estimate of drug-likeness (QED) is 0.226. The van der Waals surface area contributed by atoms with Crippen molar-refractivity contribution in [3.05, 3.63) is 35.3 Å². The molecule has 4 N–H and O–H groups in total. The molecule has 36 heavy (non-hydrogen) atoms. The third kappa shape index (κ3) is 4.90. The van der Waals surface area contributed by atoms with Gasteiger partial charge in [-0.1, -0.05) is 29.9 Å². The molecule has 2 heterocycles. The van der Waals surface area contributed by atoms with Crippen LogP contribution in [0.1, 0.15) is 60.1 Å². The second-order valence-corrected chi connectivity index (χ2v) is 8.38. The summed E-state index contributed by atoms with van der Waals surface area (Å²) >= 11 is 0.418. The van der Waals surface area contributed by atoms with Crippen molar-refractivity contribution in [3.63, 3.8) is 0 Å². The van der Waals surface area contributed by atoms with E-state index in [0.29, 0.717) is 11.8 Å². The summed E-state index contributed by atoms with van der Waals surface area (Å²) in [6.07, 6.45) is -15.6. The van der Waals surface area contributed by atoms with E-state index in [1.165, 1.54) is 6.92 Å². The summed E-state index contributed by atoms with van der Waals surface area (Å²) in [5.41, 5.74) is -3.71. The van der Waals surface area contributed by atoms with Crippen molar-refractivity contribution in [1.82, 2.24) is 25.0 Å². The predicted molar refractivity (Wildman–Crippen MR) is 128 cm³/mol. The van der Waals surface area contributed by atoms with Crippen molar-refractivity contribution in [2.24, 2.45) is 0 Å². The Hall–Kier alpha value is -2.45. The Balaban J connectivity index is 1.69. The van der Waals surface area contributed by atoms with E-state index in [-0.39, 0.29) is 17.5 Å². The van der Waals surface area contributed by atoms with Crippen molar-refractivity contribution in [1.29, 1.82) is 0 Å². The fourth-order valence-electron chi connectivity index (χ4n) is 3.35. The molecule has 2 aromatic heterocycles. The maximum absolute atomic E-state index is 14.4. The van der Waals surface area contributed by atoms with Gasteiger partial charge in [0.1, 0.15) is 12.2 Å². The molecule has 0 radical (unpaired) electrons. The number of halogens is 2. The van der Waals surface area contributed by atoms with Crippen LogP contribution in [-0.4, -0.2) is 83.5 Å². The third-order valence-corrected chi connectivity index (χ3v) is 5.89. The smallest absolute Gasteiger partial charge is 0.191 e. The highest BCUT2D eigenvalue weighted by Crippen LogP contribution is 2.44. The van der Waals surface area contributed by atoms with Gasteiger partial charge in [0.15, 0.2) is 33.8 Å². The van der Waals surface area contributed by atoms with Crippen molar-refractivity contribution >= 4 is 28.7 Å². The van der Waals surface area contributed by atoms with Crippen LogP contribution in [0.4, 0.5) is 14.6 Å². The van der Waals surface area contributed by atoms with Gasteiger partial charge in [-0.05, 0) is 30.5 Å². The second-order valence-electron chi connectivity index (χ2n) is 7.52. The molecule has 3 aromatic rings. The van der Waals surface area contributed by atoms with E-state index < -0.39 is 119 Å². The zero-order valence-corrected chi connectivity index (χ0v) is 19.4. The number of ether oxygens (including phenoxy) is 1. The van der Waals surface area contributed by atoms with Gasteiger partial charge in [-0.15, -0.1) is 5.10 Å². The van der Waals surface area contributed by atoms with E-state index in [0.717, 1.165) is 0 Å². The number of aliphatic hydroxyl groups excluding tert-OH is 1. The van der Waals surface area contributed by atoms with Gasteiger partial charge in [0.25, 0.3) is 0 Å². The molecule has 10 nitrogen and oxygen atoms in total. The number of nitrogens with zero attached hydrogens (tertiary/aromatic N) is 5. The molecule has 6 atom stereocenters. The largest absolute Gasteiger partial charge is 0.394 e. The van der Waals surface area contributed by atoms with Gasteiger partial charge in [-0.25, -0.2) is 23.4 Å². The van der Waals surface area contributed by atoms with Crippen molar-refractivity contribution in [3.8, 4) is 0 Å². The number of fused-ring (bicyclic) bond motifs is 1. The van der Waals surface area contributed by atoms with E-state index in [9.17, 15) is 24.1 Å². The number of aliphatic hydroxyl groups is 3. The average molecular weight is 535 g/mol. The van der Waals surface area contributed by atoms with E-state index in [1.807, 2.05) is 0 Å². The second kappa shape index (κ2) is 10.5. The minimum Gasteiger partial charge on any atom is -0.394 e. The van der Waals surface area contributed by atoms with Gasteiger partial charge >= 0.3 is 0 Å². The molecule has 2 saturated carbocycles. The Labute approximate surface area is 226 Å². The van der Waals surface area contributed by atoms with Crippen LogP contribution < -0.4 is 5.32 Å². The molecular formula is C23H28F2N6O4S. The minimum atomic E-state index is -3.99. The van der Waals surface area contributed by atoms with Crippen LogP contribution in [0.25, 0.3) is 11.2 Å². The molecule has 2 aliphatic carbocycles. The summed E-state index contributed by atoms with van der Waals surface area (Å²) in [6, 6.07) is -8.62. The minimum absolute atomic E-state index is 0.0965. The molecule has 1 unspecified atom stereocenters. The van der Waals surface area contributed by atoms with Crippen LogP contribution in [0, 0.1) is 11.6 Å². The SMILES string of the molecule is [2H]c1c([2H])c(C2C[C@]2([2H])Nc2nc(SC([2H])([2H])CC)nc3c2nnn3[C@]2([2H])C([2H])([2H])[C@]([2H])(OCCO)[C@@]([2H])(O)[C@@]2([2H])O)c([2H])c(F)c1F. The number of aromatic nitrogens is 5. The first kappa shape index (κ1) is 14.5. The fourth-order valence-corrected chi connectivity index (χ4v) is 3.89. The number of nitrogens with one attached hydrogen (secondary N) is 1. The van der Waals surface area contributed by atoms with E-state index in [1.54, 1.807) is 0 Å². The Morgan fingerprint density at radius 2 is 2.17 bits per heavy atom. The Morgan fingerprint density at radius 3 is 2.94 bits per heavy atom. The van der Waals surface area contributed by atoms with E-state index in [2.05, 4.69) is 25.6 Å². The van der Waals surface area contributed by atoms with Crippen molar-refractivity contribution in [2.75, 3.05) is 24.2 Å². The molecule has 0 bridgehead atoms. The highest BCUT2D eigenvalue weighted by molar-refractivity contribution is 7.99. The lowest BCUT2D eigenvalue weighted by molar-refractivity contribution is -0.0629. The molecular weight excluding hydrogens is 494 g/mol. The van der Waals surface area contributed by atoms with E-state index in [4.69, 9.17) is 21.2 Å². The van der Waals surface area contributed by atoms with E-state index >= 15 is 0 Å². The molecule has 194 valence electrons. The number of hydrogen-bond acceptors (Lipinski definition) is 10. The van der Waals surface area contributed by atoms with Crippen LogP contribution in [-0.2, 0) is 4.74 Å². The highest BCUT2D eigenvalue weighted by atomic mass is 32.2. The summed E-state index contributed by atoms with van der Waals surface area (Å²) in [5.74, 6) is -5.03. The first-order chi connectivity index (χ1) is 21.9. The summed E-state index contributed by atoms with van der Waals surface area (Å²) in [6.45, 7) is -0.204. The zero-order chi connectivity index (χ0) is 36.2. The summed E-state index contributed by atoms with van der Waals surface area (Å²) < 4.78 is 134. The molecule has 0 amide bonds. The van der Waals surface area contributed by atoms with Gasteiger partial charge < -0.3 is 25.4 Å². The lowest BCUT2D eigenvalue weighted by atomic mass is 10.1. The van der Waals surface area contributed by atoms with Crippen molar-refractivity contribution in [2.45, 2.75) is 67.5 Å². The number of thioether (sulfide) groups is 1. The fraction of sp³-hybridized carbons (Fsp3) is 0.565. The molecule has 13 heteroatoms. The molecule has 2 aliphatic rings. The normalized spacial score (nSPS) is 44.4. The maximum atomic E-state index is 14.4. The number of anilines is 1. The van der Waals surface area contributed by atoms with Gasteiger partial charge in [-0.2, -0.15) is 0 Å². The predicted octanol–water partition coefficient (Wildman–Crippen LogP) is 2.01. The van der Waals surface area contributed by atoms with Crippen molar-refractivity contribution < 1.29 is 45.3 Å². The number of hydrogen-bond donors (Lipinski definition) is 4. The van der Waals surface area contributed by atoms with Crippen LogP contribution in [0.15, 0.2) is 23.3 Å². The molecule has 1 aromatic carbocycles. The average Bonchev–Trinajstić information content (AvgIpc) is 3.43. The molecule has 0 saturated heterocycles. The lowest BCUT2D eigenvalue weighted by Crippen LogP contribution is -2.33. The topological polar surface area (TPSA) is 138 Å². The van der Waals surface area contributed by atoms with Crippen LogP contribution in [0.2, 0.25) is 0 Å². The summed E-state index contributed by atoms with van der Waals surface area (Å²) in [5, 5.41) is 40.9. The first-order valence-corrected chi connectivity index (χ1v) is 11.5. The monoisotopic (exact) mass is 534 g/mol. The first-order valence-electron chi connectivity index (χ1n) is 16.7. The third-order valence-electron chi connectivity index (χ3n) is 5.09. The molecule has 0 spiro atoms. The van der Waals surface area contributed by atoms with Crippen LogP contribution >= 0.6 is 11.8 Å². The van der Waals surface area contributed by atoms with Gasteiger partial charge in [0, 0.05) is 29.5 Å². The number of rotatable bonds is 10. The van der Waals surface area contributed by atoms with Crippen LogP contribution in [0.3, 0.4) is 0 Å². The Morgan fingerprint density at radius 1 is 1.33 bits per heavy atom. The van der Waals surface area contributed by atoms with Gasteiger partial charge in [0.2, 0.25) is 0 Å². The molecule has 0 aliphatic heterocycles. The standard InChI is InChI=1S/C23H28F2N6O4S/c1-2-7-36-23-27-21(26-15-9-12(15)11-3-4-13(24)14(25)8-11)18-22(28-23)31(30-29-18)16-10-17(35-6-5-32)20(34)19(16)33/h3-4,8,12,15-17,19-20,32-34H,2,5-7,9-10H2,1H3,(H,26,27,28)/t12?,15-,16+,17-,19-,20+/m0/s1/i3D,4D,7D2,8D,10D2,15D,16D,17D,19D,20D. The highest BCUT2D eigenvalue weighted by Gasteiger charge is 2.45. The van der Waals surface area contributed by atoms with Crippen LogP contribution in [0.5, 0.6) is 0 Å². The maximum Gasteiger partial charge on any atom is 0.191 e. The lowest BCUT2D eigenvalue weighted by Gasteiger charge is -2.17. The summed E-state index contributed by atoms with van der Waals surface area (Å²) in [7, 11) is 0. The van der Waals surface area contributed by atoms with Gasteiger partial charge in [-0.3, -0.25) is 0 Å². The Bertz CT molecular complexity index is 1780. The Kier molecular flexibility index (Phi) is 4.22. The zero-order valence-electron chi connectivity index (χ0n) is 30.6. The number of benzene rings is 1.